The molecule has 5 heterocycles. The summed E-state index contributed by atoms with van der Waals surface area (Å²) < 4.78 is 3.31. The maximum atomic E-state index is 13.3. The molecule has 35 heavy (non-hydrogen) atoms. The highest BCUT2D eigenvalue weighted by atomic mass is 35.5. The number of tetrazole rings is 1. The second kappa shape index (κ2) is 8.29. The minimum Gasteiger partial charge on any atom is -0.365 e. The van der Waals surface area contributed by atoms with Crippen LogP contribution in [0.3, 0.4) is 0 Å². The summed E-state index contributed by atoms with van der Waals surface area (Å²) in [4.78, 5) is 33.1. The number of thiophene rings is 1. The van der Waals surface area contributed by atoms with E-state index in [2.05, 4.69) is 25.5 Å². The van der Waals surface area contributed by atoms with Gasteiger partial charge in [0, 0.05) is 33.3 Å². The zero-order valence-electron chi connectivity index (χ0n) is 18.1. The van der Waals surface area contributed by atoms with Crippen LogP contribution in [0.4, 0.5) is 0 Å². The van der Waals surface area contributed by atoms with E-state index in [1.165, 1.54) is 22.3 Å². The lowest BCUT2D eigenvalue weighted by Gasteiger charge is -2.15. The Hall–Kier alpha value is -4.09. The molecule has 0 saturated heterocycles. The first kappa shape index (κ1) is 21.4. The number of rotatable bonds is 5. The van der Waals surface area contributed by atoms with Crippen molar-refractivity contribution in [3.63, 3.8) is 0 Å². The van der Waals surface area contributed by atoms with Crippen molar-refractivity contribution in [2.24, 2.45) is 5.73 Å². The number of nitrogens with two attached hydrogens (primary N) is 1. The van der Waals surface area contributed by atoms with E-state index in [1.807, 2.05) is 17.5 Å². The number of nitrogens with zero attached hydrogens (tertiary/aromatic N) is 6. The first-order valence-electron chi connectivity index (χ1n) is 10.7. The quantitative estimate of drug-likeness (QED) is 0.377. The van der Waals surface area contributed by atoms with Crippen LogP contribution in [-0.4, -0.2) is 40.6 Å². The number of pyridine rings is 1. The molecular formula is C23H17ClN8O2S. The van der Waals surface area contributed by atoms with E-state index in [-0.39, 0.29) is 11.6 Å². The van der Waals surface area contributed by atoms with Crippen molar-refractivity contribution in [2.45, 2.75) is 18.9 Å². The minimum absolute atomic E-state index is 0.132. The molecule has 1 aromatic carbocycles. The van der Waals surface area contributed by atoms with Crippen LogP contribution >= 0.6 is 22.9 Å². The van der Waals surface area contributed by atoms with Gasteiger partial charge in [0.2, 0.25) is 0 Å². The highest BCUT2D eigenvalue weighted by Crippen LogP contribution is 2.34. The second-order valence-electron chi connectivity index (χ2n) is 8.16. The SMILES string of the molecule is NC(=O)c1cc(-c2cnc([C@@H]3CCc4cc(-c5cc(Cl)ccc5-n5cnnn5)cc(=O)n43)[nH]2)cs1. The molecule has 1 atom stereocenters. The third-order valence-corrected chi connectivity index (χ3v) is 7.24. The Morgan fingerprint density at radius 3 is 2.86 bits per heavy atom. The number of H-pyrrole nitrogens is 1. The van der Waals surface area contributed by atoms with E-state index in [1.54, 1.807) is 35.0 Å². The number of hydrogen-bond acceptors (Lipinski definition) is 7. The Labute approximate surface area is 207 Å². The predicted molar refractivity (Wildman–Crippen MR) is 131 cm³/mol. The highest BCUT2D eigenvalue weighted by Gasteiger charge is 2.28. The molecule has 0 bridgehead atoms. The van der Waals surface area contributed by atoms with Crippen molar-refractivity contribution in [1.82, 2.24) is 34.7 Å². The third kappa shape index (κ3) is 3.74. The molecule has 6 rings (SSSR count). The maximum Gasteiger partial charge on any atom is 0.258 e. The topological polar surface area (TPSA) is 137 Å². The average Bonchev–Trinajstić information content (AvgIpc) is 3.64. The van der Waals surface area contributed by atoms with Crippen LogP contribution in [0.2, 0.25) is 5.02 Å². The van der Waals surface area contributed by atoms with E-state index >= 15 is 0 Å². The molecule has 12 heteroatoms. The summed E-state index contributed by atoms with van der Waals surface area (Å²) in [7, 11) is 0. The monoisotopic (exact) mass is 504 g/mol. The number of aromatic amines is 1. The van der Waals surface area contributed by atoms with Gasteiger partial charge in [-0.3, -0.25) is 9.59 Å². The summed E-state index contributed by atoms with van der Waals surface area (Å²) in [5.74, 6) is 0.230. The molecule has 174 valence electrons. The summed E-state index contributed by atoms with van der Waals surface area (Å²) in [6.07, 6.45) is 4.66. The standard InChI is InChI=1S/C23H17ClN8O2S/c24-14-1-3-18(31-11-27-29-30-31)16(8-14)12-5-15-2-4-19(32(15)21(33)7-12)23-26-9-17(28-23)13-6-20(22(25)34)35-10-13/h1,3,5-11,19H,2,4H2,(H2,25,34)(H,26,28)/t19-/m0/s1. The fourth-order valence-corrected chi connectivity index (χ4v) is 5.41. The number of imidazole rings is 1. The van der Waals surface area contributed by atoms with Crippen LogP contribution in [0.15, 0.2) is 59.1 Å². The first-order valence-corrected chi connectivity index (χ1v) is 12.0. The molecule has 0 aliphatic carbocycles. The van der Waals surface area contributed by atoms with Crippen molar-refractivity contribution in [3.05, 3.63) is 86.1 Å². The Bertz CT molecular complexity index is 1640. The van der Waals surface area contributed by atoms with Crippen LogP contribution < -0.4 is 11.3 Å². The van der Waals surface area contributed by atoms with Gasteiger partial charge in [-0.1, -0.05) is 11.6 Å². The molecule has 10 nitrogen and oxygen atoms in total. The summed E-state index contributed by atoms with van der Waals surface area (Å²) >= 11 is 7.56. The van der Waals surface area contributed by atoms with Gasteiger partial charge >= 0.3 is 0 Å². The summed E-state index contributed by atoms with van der Waals surface area (Å²) in [5, 5.41) is 13.8. The van der Waals surface area contributed by atoms with Gasteiger partial charge in [0.25, 0.3) is 11.5 Å². The number of primary amides is 1. The largest absolute Gasteiger partial charge is 0.365 e. The Balaban J connectivity index is 1.37. The van der Waals surface area contributed by atoms with Crippen LogP contribution in [-0.2, 0) is 6.42 Å². The van der Waals surface area contributed by atoms with Gasteiger partial charge < -0.3 is 15.3 Å². The van der Waals surface area contributed by atoms with Crippen LogP contribution in [0.1, 0.15) is 33.7 Å². The average molecular weight is 505 g/mol. The van der Waals surface area contributed by atoms with Crippen LogP contribution in [0.25, 0.3) is 28.1 Å². The fraction of sp³-hybridized carbons (Fsp3) is 0.130. The van der Waals surface area contributed by atoms with Crippen molar-refractivity contribution >= 4 is 28.8 Å². The maximum absolute atomic E-state index is 13.3. The molecule has 1 amide bonds. The van der Waals surface area contributed by atoms with Crippen LogP contribution in [0.5, 0.6) is 0 Å². The number of fused-ring (bicyclic) bond motifs is 1. The smallest absolute Gasteiger partial charge is 0.258 e. The third-order valence-electron chi connectivity index (χ3n) is 6.06. The normalized spacial score (nSPS) is 14.8. The molecule has 5 aromatic rings. The Morgan fingerprint density at radius 2 is 2.09 bits per heavy atom. The van der Waals surface area contributed by atoms with Gasteiger partial charge in [-0.2, -0.15) is 4.68 Å². The zero-order chi connectivity index (χ0) is 24.1. The van der Waals surface area contributed by atoms with Gasteiger partial charge in [0.15, 0.2) is 0 Å². The molecule has 4 aromatic heterocycles. The van der Waals surface area contributed by atoms with E-state index in [0.717, 1.165) is 46.6 Å². The number of aryl methyl sites for hydroxylation is 1. The number of hydrogen-bond donors (Lipinski definition) is 2. The highest BCUT2D eigenvalue weighted by molar-refractivity contribution is 7.12. The van der Waals surface area contributed by atoms with E-state index in [9.17, 15) is 9.59 Å². The van der Waals surface area contributed by atoms with Gasteiger partial charge in [0.1, 0.15) is 12.2 Å². The Kier molecular flexibility index (Phi) is 5.08. The van der Waals surface area contributed by atoms with Gasteiger partial charge in [-0.25, -0.2) is 4.98 Å². The van der Waals surface area contributed by atoms with Gasteiger partial charge in [-0.05, 0) is 59.2 Å². The number of benzene rings is 1. The summed E-state index contributed by atoms with van der Waals surface area (Å²) in [6.45, 7) is 0. The van der Waals surface area contributed by atoms with Crippen LogP contribution in [0, 0.1) is 0 Å². The van der Waals surface area contributed by atoms with Crippen molar-refractivity contribution in [1.29, 1.82) is 0 Å². The van der Waals surface area contributed by atoms with E-state index in [4.69, 9.17) is 17.3 Å². The Morgan fingerprint density at radius 1 is 1.20 bits per heavy atom. The van der Waals surface area contributed by atoms with Crippen molar-refractivity contribution < 1.29 is 4.79 Å². The lowest BCUT2D eigenvalue weighted by Crippen LogP contribution is -2.23. The summed E-state index contributed by atoms with van der Waals surface area (Å²) in [6, 6.07) is 10.5. The molecule has 0 unspecified atom stereocenters. The number of halogens is 1. The number of carbonyl (C=O) groups excluding carboxylic acids is 1. The molecule has 0 spiro atoms. The van der Waals surface area contributed by atoms with Gasteiger partial charge in [0.05, 0.1) is 28.5 Å². The number of nitrogens with one attached hydrogen (secondary N) is 1. The van der Waals surface area contributed by atoms with Crippen molar-refractivity contribution in [2.75, 3.05) is 0 Å². The molecule has 1 aliphatic heterocycles. The van der Waals surface area contributed by atoms with E-state index in [0.29, 0.717) is 15.7 Å². The molecule has 0 radical (unpaired) electrons. The predicted octanol–water partition coefficient (Wildman–Crippen LogP) is 3.23. The van der Waals surface area contributed by atoms with Gasteiger partial charge in [-0.15, -0.1) is 16.4 Å². The summed E-state index contributed by atoms with van der Waals surface area (Å²) in [5.41, 5.74) is 9.97. The zero-order valence-corrected chi connectivity index (χ0v) is 19.6. The first-order chi connectivity index (χ1) is 17.0. The van der Waals surface area contributed by atoms with E-state index < -0.39 is 5.91 Å². The molecule has 1 aliphatic rings. The minimum atomic E-state index is -0.462. The molecule has 0 fully saturated rings. The fourth-order valence-electron chi connectivity index (χ4n) is 4.48. The number of aromatic nitrogens is 7. The number of carbonyl (C=O) groups is 1. The molecular weight excluding hydrogens is 488 g/mol. The lowest BCUT2D eigenvalue weighted by atomic mass is 10.0. The molecule has 0 saturated carbocycles. The number of amides is 1. The van der Waals surface area contributed by atoms with Crippen molar-refractivity contribution in [3.8, 4) is 28.1 Å². The second-order valence-corrected chi connectivity index (χ2v) is 9.51. The lowest BCUT2D eigenvalue weighted by molar-refractivity contribution is 0.100. The molecule has 3 N–H and O–H groups in total.